The molecule has 0 aliphatic rings. The van der Waals surface area contributed by atoms with Gasteiger partial charge in [0.15, 0.2) is 13.1 Å². The molecular weight excluding hydrogens is 717 g/mol. The van der Waals surface area contributed by atoms with Gasteiger partial charge in [0.25, 0.3) is 0 Å². The molecule has 2 atom stereocenters. The lowest BCUT2D eigenvalue weighted by atomic mass is 10.0. The second-order valence-electron chi connectivity index (χ2n) is 20.2. The van der Waals surface area contributed by atoms with Crippen molar-refractivity contribution >= 4 is 11.9 Å². The maximum Gasteiger partial charge on any atom is 0.362 e. The fraction of sp³-hybridized carbons (Fsp3) is 0.731. The third kappa shape index (κ3) is 24.4. The predicted molar refractivity (Wildman–Crippen MR) is 247 cm³/mol. The average Bonchev–Trinajstić information content (AvgIpc) is 3.12. The molecule has 0 fully saturated rings. The molecule has 0 spiro atoms. The number of likely N-dealkylation sites (N-methyl/N-ethyl adjacent to an activating group) is 2. The van der Waals surface area contributed by atoms with Crippen LogP contribution in [0.15, 0.2) is 48.5 Å². The van der Waals surface area contributed by atoms with E-state index in [1.54, 1.807) is 0 Å². The Morgan fingerprint density at radius 1 is 0.431 bits per heavy atom. The maximum atomic E-state index is 13.1. The van der Waals surface area contributed by atoms with Gasteiger partial charge in [-0.25, -0.2) is 9.59 Å². The number of ether oxygens (including phenoxy) is 2. The van der Waals surface area contributed by atoms with Crippen molar-refractivity contribution in [3.05, 3.63) is 59.7 Å². The fourth-order valence-corrected chi connectivity index (χ4v) is 8.25. The maximum absolute atomic E-state index is 13.1. The van der Waals surface area contributed by atoms with E-state index in [-0.39, 0.29) is 11.9 Å². The molecule has 58 heavy (non-hydrogen) atoms. The first-order valence-corrected chi connectivity index (χ1v) is 23.7. The quantitative estimate of drug-likeness (QED) is 0.0433. The zero-order chi connectivity index (χ0) is 42.9. The number of esters is 2. The van der Waals surface area contributed by atoms with Crippen LogP contribution in [0.3, 0.4) is 0 Å². The normalized spacial score (nSPS) is 14.2. The van der Waals surface area contributed by atoms with E-state index >= 15 is 0 Å². The van der Waals surface area contributed by atoms with E-state index in [0.29, 0.717) is 22.1 Å². The molecule has 0 amide bonds. The zero-order valence-corrected chi connectivity index (χ0v) is 39.5. The van der Waals surface area contributed by atoms with Crippen LogP contribution in [-0.4, -0.2) is 72.4 Å². The summed E-state index contributed by atoms with van der Waals surface area (Å²) in [5.74, 6) is -0.244. The SMILES string of the molecule is CCCCCCCCCCCC[N+](C)(CC(=O)OC(C)(C)C)Cc1ccc(-c2ccc(C[N+](C)(CCCCCCCCCCCC)CC(=O)OC(C)(C)C)cc2)cc1. The van der Waals surface area contributed by atoms with Gasteiger partial charge in [-0.05, 0) is 78.4 Å². The Morgan fingerprint density at radius 3 is 0.948 bits per heavy atom. The van der Waals surface area contributed by atoms with Crippen molar-refractivity contribution in [2.45, 2.75) is 208 Å². The minimum Gasteiger partial charge on any atom is -0.456 e. The lowest BCUT2D eigenvalue weighted by molar-refractivity contribution is -0.916. The molecule has 0 saturated heterocycles. The van der Waals surface area contributed by atoms with Gasteiger partial charge in [0.05, 0.1) is 27.2 Å². The molecule has 0 aromatic heterocycles. The van der Waals surface area contributed by atoms with Crippen LogP contribution in [0.2, 0.25) is 0 Å². The highest BCUT2D eigenvalue weighted by Crippen LogP contribution is 2.25. The number of benzene rings is 2. The molecule has 0 bridgehead atoms. The lowest BCUT2D eigenvalue weighted by Gasteiger charge is -2.35. The monoisotopic (exact) mass is 807 g/mol. The Labute approximate surface area is 358 Å². The predicted octanol–water partition coefficient (Wildman–Crippen LogP) is 13.8. The fourth-order valence-electron chi connectivity index (χ4n) is 8.25. The molecule has 0 saturated carbocycles. The van der Waals surface area contributed by atoms with E-state index < -0.39 is 11.2 Å². The topological polar surface area (TPSA) is 52.6 Å². The van der Waals surface area contributed by atoms with E-state index in [2.05, 4.69) is 76.5 Å². The number of carbonyl (C=O) groups is 2. The second kappa shape index (κ2) is 27.2. The van der Waals surface area contributed by atoms with Gasteiger partial charge in [0.2, 0.25) is 0 Å². The Morgan fingerprint density at radius 2 is 0.690 bits per heavy atom. The van der Waals surface area contributed by atoms with Gasteiger partial charge in [-0.1, -0.05) is 165 Å². The molecule has 2 unspecified atom stereocenters. The van der Waals surface area contributed by atoms with Gasteiger partial charge in [0.1, 0.15) is 24.3 Å². The first-order chi connectivity index (χ1) is 27.4. The minimum absolute atomic E-state index is 0.122. The summed E-state index contributed by atoms with van der Waals surface area (Å²) < 4.78 is 12.9. The Bertz CT molecular complexity index is 1280. The molecule has 0 aliphatic heterocycles. The van der Waals surface area contributed by atoms with E-state index in [0.717, 1.165) is 39.0 Å². The molecular formula is C52H90N2O4+2. The Hall–Kier alpha value is -2.70. The third-order valence-corrected chi connectivity index (χ3v) is 11.3. The van der Waals surface area contributed by atoms with Crippen LogP contribution >= 0.6 is 0 Å². The van der Waals surface area contributed by atoms with Crippen LogP contribution in [0.5, 0.6) is 0 Å². The highest BCUT2D eigenvalue weighted by Gasteiger charge is 2.30. The largest absolute Gasteiger partial charge is 0.456 e. The number of hydrogen-bond acceptors (Lipinski definition) is 4. The van der Waals surface area contributed by atoms with E-state index in [1.165, 1.54) is 138 Å². The average molecular weight is 807 g/mol. The van der Waals surface area contributed by atoms with Gasteiger partial charge in [0, 0.05) is 11.1 Å². The van der Waals surface area contributed by atoms with Crippen LogP contribution < -0.4 is 0 Å². The number of unbranched alkanes of at least 4 members (excludes halogenated alkanes) is 18. The van der Waals surface area contributed by atoms with Gasteiger partial charge >= 0.3 is 11.9 Å². The number of quaternary nitrogens is 2. The first-order valence-electron chi connectivity index (χ1n) is 23.7. The lowest BCUT2D eigenvalue weighted by Crippen LogP contribution is -2.49. The summed E-state index contributed by atoms with van der Waals surface area (Å²) in [6, 6.07) is 17.8. The van der Waals surface area contributed by atoms with Crippen molar-refractivity contribution in [2.75, 3.05) is 40.3 Å². The summed E-state index contributed by atoms with van der Waals surface area (Å²) in [4.78, 5) is 26.2. The van der Waals surface area contributed by atoms with Crippen molar-refractivity contribution in [1.29, 1.82) is 0 Å². The molecule has 0 heterocycles. The van der Waals surface area contributed by atoms with Crippen LogP contribution in [0.1, 0.15) is 195 Å². The first kappa shape index (κ1) is 51.4. The third-order valence-electron chi connectivity index (χ3n) is 11.3. The van der Waals surface area contributed by atoms with E-state index in [9.17, 15) is 9.59 Å². The highest BCUT2D eigenvalue weighted by molar-refractivity contribution is 5.71. The van der Waals surface area contributed by atoms with Crippen molar-refractivity contribution < 1.29 is 28.0 Å². The molecule has 6 heteroatoms. The van der Waals surface area contributed by atoms with Crippen LogP contribution in [-0.2, 0) is 32.2 Å². The number of rotatable bonds is 31. The summed E-state index contributed by atoms with van der Waals surface area (Å²) >= 11 is 0. The smallest absolute Gasteiger partial charge is 0.362 e. The molecule has 0 N–H and O–H groups in total. The van der Waals surface area contributed by atoms with Crippen molar-refractivity contribution in [3.8, 4) is 11.1 Å². The molecule has 330 valence electrons. The van der Waals surface area contributed by atoms with Crippen molar-refractivity contribution in [1.82, 2.24) is 0 Å². The Balaban J connectivity index is 2.04. The molecule has 0 radical (unpaired) electrons. The van der Waals surface area contributed by atoms with Gasteiger partial charge in [-0.15, -0.1) is 0 Å². The number of nitrogens with zero attached hydrogens (tertiary/aromatic N) is 2. The molecule has 0 aliphatic carbocycles. The van der Waals surface area contributed by atoms with Crippen LogP contribution in [0.4, 0.5) is 0 Å². The summed E-state index contributed by atoms with van der Waals surface area (Å²) in [5, 5.41) is 0. The minimum atomic E-state index is -0.487. The van der Waals surface area contributed by atoms with Crippen LogP contribution in [0, 0.1) is 0 Å². The zero-order valence-electron chi connectivity index (χ0n) is 39.5. The van der Waals surface area contributed by atoms with Crippen molar-refractivity contribution in [2.24, 2.45) is 0 Å². The van der Waals surface area contributed by atoms with Gasteiger partial charge < -0.3 is 18.4 Å². The second-order valence-corrected chi connectivity index (χ2v) is 20.2. The standard InChI is InChI=1S/C52H90N2O4/c1-11-13-15-17-19-21-23-25-27-29-39-53(9,43-49(55)57-51(3,4)5)41-45-31-35-47(36-32-45)48-37-33-46(34-38-48)42-54(10,44-50(56)58-52(6,7)8)40-30-28-26-24-22-20-18-16-14-12-2/h31-38H,11-30,39-44H2,1-10H3/q+2. The summed E-state index contributed by atoms with van der Waals surface area (Å²) in [5.41, 5.74) is 3.86. The van der Waals surface area contributed by atoms with Gasteiger partial charge in [-0.3, -0.25) is 0 Å². The summed E-state index contributed by atoms with van der Waals surface area (Å²) in [6.45, 7) is 20.5. The van der Waals surface area contributed by atoms with E-state index in [1.807, 2.05) is 41.5 Å². The van der Waals surface area contributed by atoms with Crippen LogP contribution in [0.25, 0.3) is 11.1 Å². The Kier molecular flexibility index (Phi) is 24.1. The molecule has 6 nitrogen and oxygen atoms in total. The number of carbonyl (C=O) groups excluding carboxylic acids is 2. The summed E-state index contributed by atoms with van der Waals surface area (Å²) in [6.07, 6.45) is 26.1. The molecule has 2 aromatic carbocycles. The molecule has 2 aromatic rings. The highest BCUT2D eigenvalue weighted by atomic mass is 16.6. The molecule has 2 rings (SSSR count). The van der Waals surface area contributed by atoms with E-state index in [4.69, 9.17) is 9.47 Å². The number of hydrogen-bond donors (Lipinski definition) is 0. The van der Waals surface area contributed by atoms with Crippen molar-refractivity contribution in [3.63, 3.8) is 0 Å². The summed E-state index contributed by atoms with van der Waals surface area (Å²) in [7, 11) is 4.44. The van der Waals surface area contributed by atoms with Gasteiger partial charge in [-0.2, -0.15) is 0 Å².